The fraction of sp³-hybridized carbons (Fsp3) is 0.250. The van der Waals surface area contributed by atoms with E-state index in [0.29, 0.717) is 28.0 Å². The summed E-state index contributed by atoms with van der Waals surface area (Å²) < 4.78 is 10.8. The lowest BCUT2D eigenvalue weighted by atomic mass is 9.86. The number of nitrogens with zero attached hydrogens (tertiary/aromatic N) is 1. The van der Waals surface area contributed by atoms with Gasteiger partial charge in [0.15, 0.2) is 16.7 Å². The van der Waals surface area contributed by atoms with Crippen molar-refractivity contribution in [2.75, 3.05) is 24.8 Å². The number of benzene rings is 1. The molecule has 2 N–H and O–H groups in total. The van der Waals surface area contributed by atoms with E-state index in [-0.39, 0.29) is 30.3 Å². The van der Waals surface area contributed by atoms with Crippen molar-refractivity contribution in [3.8, 4) is 36.2 Å². The van der Waals surface area contributed by atoms with Gasteiger partial charge in [0.2, 0.25) is 5.91 Å². The summed E-state index contributed by atoms with van der Waals surface area (Å²) in [5.41, 5.74) is 0.808. The maximum absolute atomic E-state index is 12.7. The van der Waals surface area contributed by atoms with Crippen LogP contribution >= 0.6 is 11.8 Å². The summed E-state index contributed by atoms with van der Waals surface area (Å²) in [6.45, 7) is 0.103. The third-order valence-electron chi connectivity index (χ3n) is 4.12. The van der Waals surface area contributed by atoms with Crippen molar-refractivity contribution in [2.24, 2.45) is 0 Å². The molecule has 1 aromatic heterocycles. The second-order valence-electron chi connectivity index (χ2n) is 5.83. The third-order valence-corrected chi connectivity index (χ3v) is 4.90. The summed E-state index contributed by atoms with van der Waals surface area (Å²) in [6.07, 6.45) is 10.6. The summed E-state index contributed by atoms with van der Waals surface area (Å²) in [6, 6.07) is 5.22. The predicted molar refractivity (Wildman–Crippen MR) is 107 cm³/mol. The average Bonchev–Trinajstić information content (AvgIpc) is 2.69. The van der Waals surface area contributed by atoms with Crippen molar-refractivity contribution in [3.63, 3.8) is 0 Å². The van der Waals surface area contributed by atoms with E-state index in [0.717, 1.165) is 5.56 Å². The average molecular weight is 395 g/mol. The molecule has 0 fully saturated rings. The molecule has 28 heavy (non-hydrogen) atoms. The molecule has 1 aromatic carbocycles. The topological polar surface area (TPSA) is 93.3 Å². The molecule has 1 atom stereocenters. The number of thioether (sulfide) groups is 1. The zero-order valence-corrected chi connectivity index (χ0v) is 15.9. The van der Waals surface area contributed by atoms with Gasteiger partial charge in [-0.3, -0.25) is 9.59 Å². The van der Waals surface area contributed by atoms with Gasteiger partial charge in [0.1, 0.15) is 12.4 Å². The first kappa shape index (κ1) is 19.4. The first-order chi connectivity index (χ1) is 13.6. The van der Waals surface area contributed by atoms with Crippen molar-refractivity contribution < 1.29 is 14.3 Å². The number of hydrogen-bond donors (Lipinski definition) is 2. The lowest BCUT2D eigenvalue weighted by Crippen LogP contribution is -2.31. The normalized spacial score (nSPS) is 15.0. The maximum Gasteiger partial charge on any atom is 0.257 e. The molecule has 2 heterocycles. The first-order valence-corrected chi connectivity index (χ1v) is 9.30. The van der Waals surface area contributed by atoms with Crippen LogP contribution in [0.3, 0.4) is 0 Å². The van der Waals surface area contributed by atoms with Crippen LogP contribution in [-0.2, 0) is 4.79 Å². The number of terminal acetylenes is 2. The van der Waals surface area contributed by atoms with E-state index < -0.39 is 5.92 Å². The summed E-state index contributed by atoms with van der Waals surface area (Å²) in [5.74, 6) is 5.71. The Labute approximate surface area is 166 Å². The number of ether oxygens (including phenoxy) is 2. The highest BCUT2D eigenvalue weighted by atomic mass is 32.2. The van der Waals surface area contributed by atoms with E-state index in [1.165, 1.54) is 18.9 Å². The van der Waals surface area contributed by atoms with Crippen molar-refractivity contribution in [1.82, 2.24) is 9.97 Å². The van der Waals surface area contributed by atoms with E-state index in [1.807, 2.05) is 0 Å². The number of carbonyl (C=O) groups excluding carboxylic acids is 1. The van der Waals surface area contributed by atoms with Crippen molar-refractivity contribution >= 4 is 23.5 Å². The smallest absolute Gasteiger partial charge is 0.257 e. The second-order valence-corrected chi connectivity index (χ2v) is 6.80. The maximum atomic E-state index is 12.7. The van der Waals surface area contributed by atoms with E-state index in [1.54, 1.807) is 18.2 Å². The minimum Gasteiger partial charge on any atom is -0.493 e. The van der Waals surface area contributed by atoms with Gasteiger partial charge in [0, 0.05) is 12.3 Å². The first-order valence-electron chi connectivity index (χ1n) is 8.32. The standard InChI is InChI=1S/C20H17N3O4S/c1-4-8-27-14-7-6-12(10-15(14)26-3)13-11-16(24)21-18-17(13)19(25)23-20(22-18)28-9-5-2/h1-2,6-7,10,13H,8-9,11H2,3H3,(H2,21,22,23,24,25)/t13-/m0/s1. The third kappa shape index (κ3) is 3.98. The Hall–Kier alpha value is -3.36. The van der Waals surface area contributed by atoms with E-state index in [4.69, 9.17) is 22.3 Å². The molecular formula is C20H17N3O4S. The van der Waals surface area contributed by atoms with Crippen LogP contribution in [0, 0.1) is 24.7 Å². The summed E-state index contributed by atoms with van der Waals surface area (Å²) in [5, 5.41) is 3.03. The number of nitrogens with one attached hydrogen (secondary N) is 2. The van der Waals surface area contributed by atoms with Gasteiger partial charge in [-0.2, -0.15) is 0 Å². The number of aromatic nitrogens is 2. The Balaban J connectivity index is 2.03. The van der Waals surface area contributed by atoms with Crippen LogP contribution in [0.25, 0.3) is 0 Å². The number of H-pyrrole nitrogens is 1. The molecular weight excluding hydrogens is 378 g/mol. The Kier molecular flexibility index (Phi) is 5.93. The van der Waals surface area contributed by atoms with E-state index in [2.05, 4.69) is 27.1 Å². The summed E-state index contributed by atoms with van der Waals surface area (Å²) in [4.78, 5) is 32.0. The minimum atomic E-state index is -0.470. The molecule has 142 valence electrons. The lowest BCUT2D eigenvalue weighted by Gasteiger charge is -2.25. The molecule has 0 radical (unpaired) electrons. The SMILES string of the molecule is C#CCOc1ccc([C@@H]2CC(=O)Nc3nc(SCC#C)[nH]c(=O)c32)cc1OC. The second kappa shape index (κ2) is 8.55. The highest BCUT2D eigenvalue weighted by Gasteiger charge is 2.31. The van der Waals surface area contributed by atoms with Gasteiger partial charge in [-0.05, 0) is 17.7 Å². The van der Waals surface area contributed by atoms with Crippen LogP contribution in [0.4, 0.5) is 5.82 Å². The number of aromatic amines is 1. The van der Waals surface area contributed by atoms with E-state index >= 15 is 0 Å². The molecule has 0 aliphatic carbocycles. The predicted octanol–water partition coefficient (Wildman–Crippen LogP) is 1.99. The number of hydrogen-bond acceptors (Lipinski definition) is 6. The largest absolute Gasteiger partial charge is 0.493 e. The van der Waals surface area contributed by atoms with Crippen molar-refractivity contribution in [2.45, 2.75) is 17.5 Å². The van der Waals surface area contributed by atoms with Crippen LogP contribution in [0.5, 0.6) is 11.5 Å². The number of rotatable bonds is 6. The zero-order chi connectivity index (χ0) is 20.1. The van der Waals surface area contributed by atoms with Gasteiger partial charge in [0.05, 0.1) is 18.4 Å². The Bertz CT molecular complexity index is 1050. The number of anilines is 1. The van der Waals surface area contributed by atoms with Gasteiger partial charge in [-0.1, -0.05) is 29.7 Å². The van der Waals surface area contributed by atoms with Gasteiger partial charge < -0.3 is 19.8 Å². The van der Waals surface area contributed by atoms with E-state index in [9.17, 15) is 9.59 Å². The van der Waals surface area contributed by atoms with Crippen LogP contribution in [-0.4, -0.2) is 35.3 Å². The van der Waals surface area contributed by atoms with Gasteiger partial charge in [-0.25, -0.2) is 4.98 Å². The monoisotopic (exact) mass is 395 g/mol. The molecule has 0 unspecified atom stereocenters. The number of carbonyl (C=O) groups is 1. The fourth-order valence-electron chi connectivity index (χ4n) is 2.95. The van der Waals surface area contributed by atoms with Crippen LogP contribution in [0.2, 0.25) is 0 Å². The number of amides is 1. The molecule has 2 aromatic rings. The molecule has 1 amide bonds. The minimum absolute atomic E-state index is 0.103. The van der Waals surface area contributed by atoms with Crippen LogP contribution in [0.1, 0.15) is 23.5 Å². The van der Waals surface area contributed by atoms with Gasteiger partial charge in [0.25, 0.3) is 5.56 Å². The van der Waals surface area contributed by atoms with Gasteiger partial charge >= 0.3 is 0 Å². The Morgan fingerprint density at radius 1 is 1.29 bits per heavy atom. The highest BCUT2D eigenvalue weighted by molar-refractivity contribution is 7.99. The molecule has 3 rings (SSSR count). The molecule has 0 saturated heterocycles. The highest BCUT2D eigenvalue weighted by Crippen LogP contribution is 2.38. The number of methoxy groups -OCH3 is 1. The van der Waals surface area contributed by atoms with Crippen molar-refractivity contribution in [1.29, 1.82) is 0 Å². The zero-order valence-electron chi connectivity index (χ0n) is 15.1. The summed E-state index contributed by atoms with van der Waals surface area (Å²) >= 11 is 1.21. The van der Waals surface area contributed by atoms with Crippen LogP contribution in [0.15, 0.2) is 28.2 Å². The Morgan fingerprint density at radius 2 is 2.11 bits per heavy atom. The quantitative estimate of drug-likeness (QED) is 0.441. The molecule has 0 spiro atoms. The van der Waals surface area contributed by atoms with Crippen molar-refractivity contribution in [3.05, 3.63) is 39.7 Å². The molecule has 0 saturated carbocycles. The Morgan fingerprint density at radius 3 is 2.82 bits per heavy atom. The van der Waals surface area contributed by atoms with Gasteiger partial charge in [-0.15, -0.1) is 12.8 Å². The molecule has 0 bridgehead atoms. The van der Waals surface area contributed by atoms with Crippen LogP contribution < -0.4 is 20.3 Å². The number of fused-ring (bicyclic) bond motifs is 1. The molecule has 8 heteroatoms. The molecule has 1 aliphatic rings. The summed E-state index contributed by atoms with van der Waals surface area (Å²) in [7, 11) is 1.51. The molecule has 1 aliphatic heterocycles. The molecule has 7 nitrogen and oxygen atoms in total. The lowest BCUT2D eigenvalue weighted by molar-refractivity contribution is -0.116. The fourth-order valence-corrected chi connectivity index (χ4v) is 3.49.